The quantitative estimate of drug-likeness (QED) is 0.722. The predicted molar refractivity (Wildman–Crippen MR) is 111 cm³/mol. The first kappa shape index (κ1) is 20.5. The van der Waals surface area contributed by atoms with Crippen LogP contribution in [0.25, 0.3) is 0 Å². The largest absolute Gasteiger partial charge is 0.491 e. The van der Waals surface area contributed by atoms with Gasteiger partial charge in [0.15, 0.2) is 11.5 Å². The Morgan fingerprint density at radius 2 is 1.45 bits per heavy atom. The van der Waals surface area contributed by atoms with Crippen LogP contribution in [-0.2, 0) is 9.59 Å². The van der Waals surface area contributed by atoms with Gasteiger partial charge in [0.2, 0.25) is 11.8 Å². The molecule has 7 nitrogen and oxygen atoms in total. The summed E-state index contributed by atoms with van der Waals surface area (Å²) in [5.41, 5.74) is -0.165. The van der Waals surface area contributed by atoms with Crippen LogP contribution in [0.3, 0.4) is 0 Å². The average molecular weight is 398 g/mol. The molecule has 0 saturated heterocycles. The van der Waals surface area contributed by atoms with E-state index in [1.165, 1.54) is 0 Å². The van der Waals surface area contributed by atoms with E-state index in [1.54, 1.807) is 56.3 Å². The first-order chi connectivity index (χ1) is 13.8. The molecule has 2 aromatic carbocycles. The SMILES string of the molecule is CC(C)Oc1ccc(NC(=O)C(C)(C)C(=O)Nc2ccc3c(c2)OCCO3)cc1. The molecule has 0 bridgehead atoms. The molecule has 2 amide bonds. The molecule has 0 radical (unpaired) electrons. The van der Waals surface area contributed by atoms with Crippen LogP contribution < -0.4 is 24.8 Å². The van der Waals surface area contributed by atoms with Gasteiger partial charge in [-0.1, -0.05) is 0 Å². The monoisotopic (exact) mass is 398 g/mol. The van der Waals surface area contributed by atoms with Crippen LogP contribution in [0.1, 0.15) is 27.7 Å². The Labute approximate surface area is 170 Å². The van der Waals surface area contributed by atoms with Gasteiger partial charge < -0.3 is 24.8 Å². The van der Waals surface area contributed by atoms with Crippen LogP contribution in [0.4, 0.5) is 11.4 Å². The van der Waals surface area contributed by atoms with Gasteiger partial charge in [0.05, 0.1) is 6.10 Å². The van der Waals surface area contributed by atoms with Crippen LogP contribution in [0.15, 0.2) is 42.5 Å². The van der Waals surface area contributed by atoms with Crippen molar-refractivity contribution >= 4 is 23.2 Å². The maximum atomic E-state index is 12.7. The van der Waals surface area contributed by atoms with Gasteiger partial charge in [-0.3, -0.25) is 9.59 Å². The number of carbonyl (C=O) groups excluding carboxylic acids is 2. The standard InChI is InChI=1S/C22H26N2O5/c1-14(2)29-17-8-5-15(6-9-17)23-20(25)22(3,4)21(26)24-16-7-10-18-19(13-16)28-12-11-27-18/h5-10,13-14H,11-12H2,1-4H3,(H,23,25)(H,24,26). The molecule has 7 heteroatoms. The highest BCUT2D eigenvalue weighted by molar-refractivity contribution is 6.14. The van der Waals surface area contributed by atoms with Gasteiger partial charge in [-0.25, -0.2) is 0 Å². The molecule has 3 rings (SSSR count). The van der Waals surface area contributed by atoms with Gasteiger partial charge >= 0.3 is 0 Å². The van der Waals surface area contributed by atoms with E-state index in [4.69, 9.17) is 14.2 Å². The molecule has 0 aromatic heterocycles. The first-order valence-corrected chi connectivity index (χ1v) is 9.55. The smallest absolute Gasteiger partial charge is 0.239 e. The summed E-state index contributed by atoms with van der Waals surface area (Å²) in [7, 11) is 0. The number of hydrogen-bond acceptors (Lipinski definition) is 5. The lowest BCUT2D eigenvalue weighted by molar-refractivity contribution is -0.135. The summed E-state index contributed by atoms with van der Waals surface area (Å²) in [5, 5.41) is 5.55. The molecular formula is C22H26N2O5. The third-order valence-electron chi connectivity index (χ3n) is 4.42. The van der Waals surface area contributed by atoms with E-state index in [1.807, 2.05) is 13.8 Å². The van der Waals surface area contributed by atoms with Crippen molar-refractivity contribution in [2.45, 2.75) is 33.8 Å². The van der Waals surface area contributed by atoms with Gasteiger partial charge in [-0.15, -0.1) is 0 Å². The molecule has 0 aliphatic carbocycles. The first-order valence-electron chi connectivity index (χ1n) is 9.55. The summed E-state index contributed by atoms with van der Waals surface area (Å²) < 4.78 is 16.6. The highest BCUT2D eigenvalue weighted by Crippen LogP contribution is 2.33. The fourth-order valence-electron chi connectivity index (χ4n) is 2.69. The number of fused-ring (bicyclic) bond motifs is 1. The zero-order chi connectivity index (χ0) is 21.0. The summed E-state index contributed by atoms with van der Waals surface area (Å²) in [6.07, 6.45) is 0.0682. The fourth-order valence-corrected chi connectivity index (χ4v) is 2.69. The van der Waals surface area contributed by atoms with E-state index in [0.717, 1.165) is 0 Å². The minimum Gasteiger partial charge on any atom is -0.491 e. The number of hydrogen-bond donors (Lipinski definition) is 2. The van der Waals surface area contributed by atoms with Crippen molar-refractivity contribution in [3.8, 4) is 17.2 Å². The van der Waals surface area contributed by atoms with Crippen LogP contribution >= 0.6 is 0 Å². The molecule has 0 spiro atoms. The third kappa shape index (κ3) is 4.99. The highest BCUT2D eigenvalue weighted by atomic mass is 16.6. The number of carbonyl (C=O) groups is 2. The number of amides is 2. The second-order valence-electron chi connectivity index (χ2n) is 7.58. The molecule has 1 heterocycles. The minimum absolute atomic E-state index is 0.0682. The van der Waals surface area contributed by atoms with Crippen LogP contribution in [0.2, 0.25) is 0 Å². The van der Waals surface area contributed by atoms with Crippen molar-refractivity contribution in [1.29, 1.82) is 0 Å². The molecule has 2 N–H and O–H groups in total. The lowest BCUT2D eigenvalue weighted by Gasteiger charge is -2.24. The van der Waals surface area contributed by atoms with Crippen molar-refractivity contribution in [3.63, 3.8) is 0 Å². The summed E-state index contributed by atoms with van der Waals surface area (Å²) >= 11 is 0. The van der Waals surface area contributed by atoms with Gasteiger partial charge in [0.1, 0.15) is 24.4 Å². The van der Waals surface area contributed by atoms with Gasteiger partial charge in [0, 0.05) is 17.4 Å². The normalized spacial score (nSPS) is 13.0. The topological polar surface area (TPSA) is 85.9 Å². The molecule has 0 unspecified atom stereocenters. The molecule has 154 valence electrons. The van der Waals surface area contributed by atoms with E-state index < -0.39 is 17.2 Å². The lowest BCUT2D eigenvalue weighted by atomic mass is 9.90. The van der Waals surface area contributed by atoms with Gasteiger partial charge in [0.25, 0.3) is 0 Å². The Morgan fingerprint density at radius 3 is 2.07 bits per heavy atom. The highest BCUT2D eigenvalue weighted by Gasteiger charge is 2.36. The maximum Gasteiger partial charge on any atom is 0.239 e. The second kappa shape index (κ2) is 8.43. The van der Waals surface area contributed by atoms with E-state index in [0.29, 0.717) is 41.8 Å². The second-order valence-corrected chi connectivity index (χ2v) is 7.58. The van der Waals surface area contributed by atoms with Crippen LogP contribution in [0.5, 0.6) is 17.2 Å². The van der Waals surface area contributed by atoms with Gasteiger partial charge in [-0.05, 0) is 64.1 Å². The van der Waals surface area contributed by atoms with Crippen LogP contribution in [0, 0.1) is 5.41 Å². The summed E-state index contributed by atoms with van der Waals surface area (Å²) in [4.78, 5) is 25.5. The summed E-state index contributed by atoms with van der Waals surface area (Å²) in [6.45, 7) is 7.99. The Morgan fingerprint density at radius 1 is 0.897 bits per heavy atom. The molecular weight excluding hydrogens is 372 g/mol. The summed E-state index contributed by atoms with van der Waals surface area (Å²) in [6, 6.07) is 12.2. The zero-order valence-corrected chi connectivity index (χ0v) is 17.1. The Bertz CT molecular complexity index is 891. The van der Waals surface area contributed by atoms with E-state index in [2.05, 4.69) is 10.6 Å². The van der Waals surface area contributed by atoms with Crippen molar-refractivity contribution in [3.05, 3.63) is 42.5 Å². The molecule has 29 heavy (non-hydrogen) atoms. The molecule has 0 saturated carbocycles. The number of ether oxygens (including phenoxy) is 3. The number of benzene rings is 2. The Hall–Kier alpha value is -3.22. The fraction of sp³-hybridized carbons (Fsp3) is 0.364. The number of nitrogens with one attached hydrogen (secondary N) is 2. The molecule has 1 aliphatic rings. The predicted octanol–water partition coefficient (Wildman–Crippen LogP) is 3.85. The molecule has 0 fully saturated rings. The summed E-state index contributed by atoms with van der Waals surface area (Å²) in [5.74, 6) is 1.08. The lowest BCUT2D eigenvalue weighted by Crippen LogP contribution is -2.41. The van der Waals surface area contributed by atoms with E-state index >= 15 is 0 Å². The zero-order valence-electron chi connectivity index (χ0n) is 17.1. The van der Waals surface area contributed by atoms with Crippen molar-refractivity contribution in [2.75, 3.05) is 23.8 Å². The van der Waals surface area contributed by atoms with Gasteiger partial charge in [-0.2, -0.15) is 0 Å². The minimum atomic E-state index is -1.29. The van der Waals surface area contributed by atoms with E-state index in [-0.39, 0.29) is 6.10 Å². The van der Waals surface area contributed by atoms with Crippen molar-refractivity contribution in [1.82, 2.24) is 0 Å². The molecule has 2 aromatic rings. The van der Waals surface area contributed by atoms with E-state index in [9.17, 15) is 9.59 Å². The number of anilines is 2. The Kier molecular flexibility index (Phi) is 5.96. The maximum absolute atomic E-state index is 12.7. The number of rotatable bonds is 6. The Balaban J connectivity index is 1.64. The molecule has 0 atom stereocenters. The molecule has 1 aliphatic heterocycles. The third-order valence-corrected chi connectivity index (χ3v) is 4.42. The van der Waals surface area contributed by atoms with Crippen LogP contribution in [-0.4, -0.2) is 31.1 Å². The average Bonchev–Trinajstić information content (AvgIpc) is 2.69. The van der Waals surface area contributed by atoms with Crippen molar-refractivity contribution < 1.29 is 23.8 Å². The van der Waals surface area contributed by atoms with Crippen molar-refractivity contribution in [2.24, 2.45) is 5.41 Å².